The lowest BCUT2D eigenvalue weighted by Crippen LogP contribution is -2.58. The van der Waals surface area contributed by atoms with Gasteiger partial charge in [-0.25, -0.2) is 0 Å². The van der Waals surface area contributed by atoms with E-state index >= 15 is 0 Å². The first-order chi connectivity index (χ1) is 9.53. The number of ether oxygens (including phenoxy) is 1. The molecule has 0 fully saturated rings. The molecule has 0 aliphatic rings. The van der Waals surface area contributed by atoms with Crippen LogP contribution in [0.3, 0.4) is 0 Å². The third kappa shape index (κ3) is 6.93. The Labute approximate surface area is 129 Å². The zero-order valence-corrected chi connectivity index (χ0v) is 14.7. The molecule has 3 atom stereocenters. The molecular formula is C16H32N2O3. The number of hydrogen-bond donors (Lipinski definition) is 2. The lowest BCUT2D eigenvalue weighted by molar-refractivity contribution is -0.145. The van der Waals surface area contributed by atoms with E-state index < -0.39 is 12.1 Å². The molecule has 0 aromatic heterocycles. The molecule has 2 N–H and O–H groups in total. The average Bonchev–Trinajstić information content (AvgIpc) is 2.35. The molecule has 124 valence electrons. The van der Waals surface area contributed by atoms with Gasteiger partial charge in [-0.2, -0.15) is 0 Å². The Kier molecular flexibility index (Phi) is 7.93. The molecule has 0 aromatic carbocycles. The Bertz CT molecular complexity index is 348. The number of amides is 1. The SMILES string of the molecule is CC[C@H](C)[C@H](N[C@@H](C(=O)NC(C)(C)C)C(C)C)C(=O)OC. The van der Waals surface area contributed by atoms with Crippen molar-refractivity contribution in [3.63, 3.8) is 0 Å². The molecule has 0 aliphatic heterocycles. The minimum atomic E-state index is -0.474. The van der Waals surface area contributed by atoms with Crippen LogP contribution in [-0.2, 0) is 14.3 Å². The van der Waals surface area contributed by atoms with E-state index in [9.17, 15) is 9.59 Å². The Morgan fingerprint density at radius 1 is 1.10 bits per heavy atom. The van der Waals surface area contributed by atoms with Crippen molar-refractivity contribution < 1.29 is 14.3 Å². The van der Waals surface area contributed by atoms with E-state index in [0.29, 0.717) is 0 Å². The predicted octanol–water partition coefficient (Wildman–Crippen LogP) is 2.10. The molecule has 0 saturated carbocycles. The van der Waals surface area contributed by atoms with Crippen LogP contribution in [0, 0.1) is 11.8 Å². The quantitative estimate of drug-likeness (QED) is 0.707. The van der Waals surface area contributed by atoms with Crippen molar-refractivity contribution in [2.75, 3.05) is 7.11 Å². The number of esters is 1. The number of carbonyl (C=O) groups excluding carboxylic acids is 2. The first-order valence-electron chi connectivity index (χ1n) is 7.69. The molecule has 0 saturated heterocycles. The normalized spacial score (nSPS) is 16.2. The molecule has 1 amide bonds. The molecule has 0 aromatic rings. The van der Waals surface area contributed by atoms with Gasteiger partial charge in [-0.1, -0.05) is 34.1 Å². The molecular weight excluding hydrogens is 268 g/mol. The molecule has 21 heavy (non-hydrogen) atoms. The fourth-order valence-corrected chi connectivity index (χ4v) is 2.04. The van der Waals surface area contributed by atoms with E-state index in [0.717, 1.165) is 6.42 Å². The van der Waals surface area contributed by atoms with Gasteiger partial charge in [0.25, 0.3) is 0 Å². The largest absolute Gasteiger partial charge is 0.468 e. The summed E-state index contributed by atoms with van der Waals surface area (Å²) in [4.78, 5) is 24.4. The minimum absolute atomic E-state index is 0.0727. The van der Waals surface area contributed by atoms with Crippen molar-refractivity contribution >= 4 is 11.9 Å². The average molecular weight is 300 g/mol. The fraction of sp³-hybridized carbons (Fsp3) is 0.875. The molecule has 0 rings (SSSR count). The molecule has 0 bridgehead atoms. The first kappa shape index (κ1) is 19.9. The van der Waals surface area contributed by atoms with E-state index in [-0.39, 0.29) is 29.3 Å². The lowest BCUT2D eigenvalue weighted by Gasteiger charge is -2.31. The molecule has 0 aliphatic carbocycles. The second-order valence-corrected chi connectivity index (χ2v) is 7.01. The molecule has 0 unspecified atom stereocenters. The summed E-state index contributed by atoms with van der Waals surface area (Å²) in [5, 5.41) is 6.16. The predicted molar refractivity (Wildman–Crippen MR) is 84.9 cm³/mol. The third-order valence-corrected chi connectivity index (χ3v) is 3.47. The van der Waals surface area contributed by atoms with E-state index in [1.165, 1.54) is 7.11 Å². The fourth-order valence-electron chi connectivity index (χ4n) is 2.04. The van der Waals surface area contributed by atoms with Gasteiger partial charge in [-0.3, -0.25) is 14.9 Å². The number of carbonyl (C=O) groups is 2. The van der Waals surface area contributed by atoms with Gasteiger partial charge in [0.05, 0.1) is 13.2 Å². The van der Waals surface area contributed by atoms with Crippen LogP contribution in [0.4, 0.5) is 0 Å². The Morgan fingerprint density at radius 2 is 1.62 bits per heavy atom. The molecule has 5 nitrogen and oxygen atoms in total. The van der Waals surface area contributed by atoms with Gasteiger partial charge in [0.1, 0.15) is 6.04 Å². The number of hydrogen-bond acceptors (Lipinski definition) is 4. The Morgan fingerprint density at radius 3 is 1.95 bits per heavy atom. The minimum Gasteiger partial charge on any atom is -0.468 e. The summed E-state index contributed by atoms with van der Waals surface area (Å²) in [6.07, 6.45) is 0.832. The van der Waals surface area contributed by atoms with Crippen LogP contribution in [0.1, 0.15) is 54.9 Å². The second-order valence-electron chi connectivity index (χ2n) is 7.01. The van der Waals surface area contributed by atoms with E-state index in [1.54, 1.807) is 0 Å². The van der Waals surface area contributed by atoms with Crippen molar-refractivity contribution in [2.24, 2.45) is 11.8 Å². The standard InChI is InChI=1S/C16H32N2O3/c1-9-11(4)13(15(20)21-8)17-12(10(2)3)14(19)18-16(5,6)7/h10-13,17H,9H2,1-8H3,(H,18,19)/t11-,12+,13-/m0/s1. The molecule has 0 spiro atoms. The van der Waals surface area contributed by atoms with E-state index in [4.69, 9.17) is 4.74 Å². The Hall–Kier alpha value is -1.10. The van der Waals surface area contributed by atoms with Crippen LogP contribution in [-0.4, -0.2) is 36.6 Å². The van der Waals surface area contributed by atoms with Gasteiger partial charge >= 0.3 is 5.97 Å². The maximum Gasteiger partial charge on any atom is 0.323 e. The second kappa shape index (κ2) is 8.37. The maximum atomic E-state index is 12.4. The van der Waals surface area contributed by atoms with Crippen molar-refractivity contribution in [3.8, 4) is 0 Å². The van der Waals surface area contributed by atoms with Gasteiger partial charge in [0.2, 0.25) is 5.91 Å². The van der Waals surface area contributed by atoms with Crippen molar-refractivity contribution in [2.45, 2.75) is 72.5 Å². The highest BCUT2D eigenvalue weighted by Gasteiger charge is 2.33. The summed E-state index contributed by atoms with van der Waals surface area (Å²) in [6.45, 7) is 13.7. The molecule has 0 heterocycles. The zero-order valence-electron chi connectivity index (χ0n) is 14.7. The number of methoxy groups -OCH3 is 1. The van der Waals surface area contributed by atoms with Gasteiger partial charge in [0, 0.05) is 5.54 Å². The van der Waals surface area contributed by atoms with Crippen molar-refractivity contribution in [3.05, 3.63) is 0 Å². The van der Waals surface area contributed by atoms with Crippen LogP contribution < -0.4 is 10.6 Å². The summed E-state index contributed by atoms with van der Waals surface area (Å²) < 4.78 is 4.86. The smallest absolute Gasteiger partial charge is 0.323 e. The van der Waals surface area contributed by atoms with Gasteiger partial charge in [-0.15, -0.1) is 0 Å². The van der Waals surface area contributed by atoms with Gasteiger partial charge in [0.15, 0.2) is 0 Å². The van der Waals surface area contributed by atoms with Gasteiger partial charge < -0.3 is 10.1 Å². The lowest BCUT2D eigenvalue weighted by atomic mass is 9.94. The van der Waals surface area contributed by atoms with Gasteiger partial charge in [-0.05, 0) is 32.6 Å². The van der Waals surface area contributed by atoms with Crippen LogP contribution in [0.5, 0.6) is 0 Å². The number of nitrogens with one attached hydrogen (secondary N) is 2. The number of rotatable bonds is 7. The third-order valence-electron chi connectivity index (χ3n) is 3.47. The molecule has 0 radical (unpaired) electrons. The topological polar surface area (TPSA) is 67.4 Å². The van der Waals surface area contributed by atoms with Crippen LogP contribution >= 0.6 is 0 Å². The first-order valence-corrected chi connectivity index (χ1v) is 7.69. The summed E-state index contributed by atoms with van der Waals surface area (Å²) in [6, 6.07) is -0.902. The highest BCUT2D eigenvalue weighted by molar-refractivity contribution is 5.84. The van der Waals surface area contributed by atoms with Crippen LogP contribution in [0.25, 0.3) is 0 Å². The maximum absolute atomic E-state index is 12.4. The Balaban J connectivity index is 5.11. The van der Waals surface area contributed by atoms with E-state index in [1.807, 2.05) is 48.5 Å². The van der Waals surface area contributed by atoms with E-state index in [2.05, 4.69) is 10.6 Å². The monoisotopic (exact) mass is 300 g/mol. The van der Waals surface area contributed by atoms with Crippen molar-refractivity contribution in [1.82, 2.24) is 10.6 Å². The summed E-state index contributed by atoms with van der Waals surface area (Å²) in [5.41, 5.74) is -0.303. The highest BCUT2D eigenvalue weighted by Crippen LogP contribution is 2.14. The highest BCUT2D eigenvalue weighted by atomic mass is 16.5. The van der Waals surface area contributed by atoms with Crippen LogP contribution in [0.2, 0.25) is 0 Å². The summed E-state index contributed by atoms with van der Waals surface area (Å²) in [5.74, 6) is -0.238. The zero-order chi connectivity index (χ0) is 16.8. The summed E-state index contributed by atoms with van der Waals surface area (Å²) >= 11 is 0. The van der Waals surface area contributed by atoms with Crippen LogP contribution in [0.15, 0.2) is 0 Å². The van der Waals surface area contributed by atoms with Crippen molar-refractivity contribution in [1.29, 1.82) is 0 Å². The summed E-state index contributed by atoms with van der Waals surface area (Å²) in [7, 11) is 1.37. The molecule has 5 heteroatoms.